The monoisotopic (exact) mass is 270 g/mol. The molecule has 2 aromatic rings. The summed E-state index contributed by atoms with van der Waals surface area (Å²) in [4.78, 5) is 11.8. The Morgan fingerprint density at radius 1 is 1.00 bits per heavy atom. The van der Waals surface area contributed by atoms with E-state index in [0.29, 0.717) is 12.0 Å². The van der Waals surface area contributed by atoms with E-state index < -0.39 is 5.97 Å². The number of hydrogen-bond donors (Lipinski definition) is 1. The molecule has 0 atom stereocenters. The van der Waals surface area contributed by atoms with Crippen LogP contribution in [0.5, 0.6) is 5.75 Å². The Morgan fingerprint density at radius 2 is 1.60 bits per heavy atom. The second kappa shape index (κ2) is 6.99. The molecule has 4 nitrogen and oxygen atoms in total. The topological polar surface area (TPSA) is 55.8 Å². The molecule has 2 aromatic carbocycles. The number of esters is 1. The summed E-state index contributed by atoms with van der Waals surface area (Å²) in [6.45, 7) is 0.120. The van der Waals surface area contributed by atoms with Crippen molar-refractivity contribution in [2.45, 2.75) is 6.61 Å². The van der Waals surface area contributed by atoms with Gasteiger partial charge < -0.3 is 14.6 Å². The minimum atomic E-state index is -0.722. The second-order valence-electron chi connectivity index (χ2n) is 3.97. The van der Waals surface area contributed by atoms with Gasteiger partial charge in [0.25, 0.3) is 0 Å². The van der Waals surface area contributed by atoms with E-state index in [0.717, 1.165) is 5.56 Å². The Hall–Kier alpha value is -2.75. The first-order chi connectivity index (χ1) is 9.79. The first kappa shape index (κ1) is 13.7. The van der Waals surface area contributed by atoms with Gasteiger partial charge in [-0.3, -0.25) is 0 Å². The quantitative estimate of drug-likeness (QED) is 0.515. The summed E-state index contributed by atoms with van der Waals surface area (Å²) in [5.41, 5.74) is 0.859. The predicted octanol–water partition coefficient (Wildman–Crippen LogP) is 3.21. The van der Waals surface area contributed by atoms with Gasteiger partial charge in [-0.05, 0) is 17.7 Å². The molecule has 0 saturated heterocycles. The fourth-order valence-corrected chi connectivity index (χ4v) is 1.53. The van der Waals surface area contributed by atoms with Crippen molar-refractivity contribution in [1.82, 2.24) is 0 Å². The van der Waals surface area contributed by atoms with Crippen molar-refractivity contribution in [3.05, 3.63) is 78.2 Å². The molecule has 0 unspecified atom stereocenters. The van der Waals surface area contributed by atoms with E-state index in [2.05, 4.69) is 0 Å². The number of aliphatic hydroxyl groups is 1. The maximum atomic E-state index is 11.8. The van der Waals surface area contributed by atoms with E-state index in [-0.39, 0.29) is 12.4 Å². The van der Waals surface area contributed by atoms with Gasteiger partial charge in [-0.2, -0.15) is 0 Å². The summed E-state index contributed by atoms with van der Waals surface area (Å²) in [6, 6.07) is 18.0. The van der Waals surface area contributed by atoms with E-state index in [4.69, 9.17) is 14.6 Å². The van der Waals surface area contributed by atoms with Crippen LogP contribution in [0.2, 0.25) is 0 Å². The van der Waals surface area contributed by atoms with Gasteiger partial charge in [0.05, 0.1) is 0 Å². The Bertz CT molecular complexity index is 576. The lowest BCUT2D eigenvalue weighted by molar-refractivity contribution is -0.143. The van der Waals surface area contributed by atoms with Gasteiger partial charge in [-0.25, -0.2) is 4.79 Å². The number of rotatable bonds is 5. The Balaban J connectivity index is 1.93. The zero-order valence-corrected chi connectivity index (χ0v) is 10.7. The summed E-state index contributed by atoms with van der Waals surface area (Å²) in [7, 11) is 0. The van der Waals surface area contributed by atoms with Crippen LogP contribution in [-0.4, -0.2) is 11.1 Å². The van der Waals surface area contributed by atoms with E-state index in [1.807, 2.05) is 36.4 Å². The minimum absolute atomic E-state index is 0.120. The van der Waals surface area contributed by atoms with Gasteiger partial charge in [-0.1, -0.05) is 48.5 Å². The fraction of sp³-hybridized carbons (Fsp3) is 0.0625. The number of aliphatic hydroxyl groups excluding tert-OH is 1. The van der Waals surface area contributed by atoms with Gasteiger partial charge in [0.1, 0.15) is 18.6 Å². The lowest BCUT2D eigenvalue weighted by Gasteiger charge is -2.09. The Kier molecular flexibility index (Phi) is 4.78. The highest BCUT2D eigenvalue weighted by atomic mass is 16.6. The van der Waals surface area contributed by atoms with Gasteiger partial charge in [-0.15, -0.1) is 0 Å². The molecule has 0 aliphatic rings. The molecule has 20 heavy (non-hydrogen) atoms. The lowest BCUT2D eigenvalue weighted by atomic mass is 10.2. The molecule has 102 valence electrons. The van der Waals surface area contributed by atoms with E-state index in [9.17, 15) is 4.79 Å². The van der Waals surface area contributed by atoms with Crippen LogP contribution in [-0.2, 0) is 16.1 Å². The van der Waals surface area contributed by atoms with Crippen molar-refractivity contribution >= 4 is 5.97 Å². The molecule has 4 heteroatoms. The number of carbonyl (C=O) groups excluding carboxylic acids is 1. The largest absolute Gasteiger partial charge is 0.511 e. The van der Waals surface area contributed by atoms with E-state index in [1.165, 1.54) is 0 Å². The van der Waals surface area contributed by atoms with Crippen molar-refractivity contribution < 1.29 is 19.4 Å². The average Bonchev–Trinajstić information content (AvgIpc) is 2.52. The normalized spacial score (nSPS) is 10.9. The van der Waals surface area contributed by atoms with Crippen LogP contribution in [0.3, 0.4) is 0 Å². The molecule has 0 spiro atoms. The number of ether oxygens (including phenoxy) is 2. The van der Waals surface area contributed by atoms with Gasteiger partial charge in [0, 0.05) is 0 Å². The summed E-state index contributed by atoms with van der Waals surface area (Å²) in [6.07, 6.45) is 0.598. The molecule has 1 N–H and O–H groups in total. The van der Waals surface area contributed by atoms with Crippen molar-refractivity contribution in [3.63, 3.8) is 0 Å². The van der Waals surface area contributed by atoms with Crippen LogP contribution in [0.4, 0.5) is 0 Å². The average molecular weight is 270 g/mol. The third-order valence-corrected chi connectivity index (χ3v) is 2.50. The summed E-state index contributed by atoms with van der Waals surface area (Å²) >= 11 is 0. The first-order valence-electron chi connectivity index (χ1n) is 6.08. The number of benzene rings is 2. The zero-order valence-electron chi connectivity index (χ0n) is 10.7. The van der Waals surface area contributed by atoms with Crippen LogP contribution in [0.15, 0.2) is 72.7 Å². The van der Waals surface area contributed by atoms with Crippen LogP contribution in [0.1, 0.15) is 5.56 Å². The maximum absolute atomic E-state index is 11.8. The van der Waals surface area contributed by atoms with Gasteiger partial charge >= 0.3 is 5.97 Å². The van der Waals surface area contributed by atoms with Crippen LogP contribution >= 0.6 is 0 Å². The smallest absolute Gasteiger partial charge is 0.377 e. The third kappa shape index (κ3) is 3.88. The molecule has 0 fully saturated rings. The standard InChI is InChI=1S/C16H14O4/c17-11-15(20-14-9-5-2-6-10-14)16(18)19-12-13-7-3-1-4-8-13/h1-11,17H,12H2. The van der Waals surface area contributed by atoms with Crippen molar-refractivity contribution in [2.24, 2.45) is 0 Å². The number of para-hydroxylation sites is 1. The predicted molar refractivity (Wildman–Crippen MR) is 74.0 cm³/mol. The van der Waals surface area contributed by atoms with Crippen LogP contribution < -0.4 is 4.74 Å². The highest BCUT2D eigenvalue weighted by molar-refractivity contribution is 5.86. The van der Waals surface area contributed by atoms with Crippen molar-refractivity contribution in [1.29, 1.82) is 0 Å². The van der Waals surface area contributed by atoms with Crippen LogP contribution in [0.25, 0.3) is 0 Å². The third-order valence-electron chi connectivity index (χ3n) is 2.50. The molecule has 0 bridgehead atoms. The molecule has 0 aliphatic carbocycles. The first-order valence-corrected chi connectivity index (χ1v) is 6.08. The second-order valence-corrected chi connectivity index (χ2v) is 3.97. The van der Waals surface area contributed by atoms with Crippen molar-refractivity contribution in [2.75, 3.05) is 0 Å². The van der Waals surface area contributed by atoms with E-state index >= 15 is 0 Å². The summed E-state index contributed by atoms with van der Waals surface area (Å²) in [5, 5.41) is 9.07. The highest BCUT2D eigenvalue weighted by Crippen LogP contribution is 2.14. The van der Waals surface area contributed by atoms with E-state index in [1.54, 1.807) is 24.3 Å². The molecular formula is C16H14O4. The van der Waals surface area contributed by atoms with Crippen molar-refractivity contribution in [3.8, 4) is 5.75 Å². The maximum Gasteiger partial charge on any atom is 0.377 e. The molecule has 0 radical (unpaired) electrons. The fourth-order valence-electron chi connectivity index (χ4n) is 1.53. The molecule has 0 heterocycles. The highest BCUT2D eigenvalue weighted by Gasteiger charge is 2.14. The Morgan fingerprint density at radius 3 is 2.20 bits per heavy atom. The molecule has 0 aliphatic heterocycles. The van der Waals surface area contributed by atoms with Gasteiger partial charge in [0.15, 0.2) is 0 Å². The molecular weight excluding hydrogens is 256 g/mol. The molecule has 2 rings (SSSR count). The number of carbonyl (C=O) groups is 1. The summed E-state index contributed by atoms with van der Waals surface area (Å²) < 4.78 is 10.3. The zero-order chi connectivity index (χ0) is 14.2. The van der Waals surface area contributed by atoms with Gasteiger partial charge in [0.2, 0.25) is 5.76 Å². The minimum Gasteiger partial charge on any atom is -0.511 e. The Labute approximate surface area is 116 Å². The molecule has 0 saturated carbocycles. The summed E-state index contributed by atoms with van der Waals surface area (Å²) in [5.74, 6) is -0.531. The number of hydrogen-bond acceptors (Lipinski definition) is 4. The SMILES string of the molecule is O=C(OCc1ccccc1)C(=CO)Oc1ccccc1. The van der Waals surface area contributed by atoms with Crippen LogP contribution in [0, 0.1) is 0 Å². The molecule has 0 amide bonds. The molecule has 0 aromatic heterocycles. The lowest BCUT2D eigenvalue weighted by Crippen LogP contribution is -2.13.